The minimum absolute atomic E-state index is 0.222. The first-order valence-electron chi connectivity index (χ1n) is 9.06. The van der Waals surface area contributed by atoms with E-state index in [9.17, 15) is 4.79 Å². The average molecular weight is 389 g/mol. The van der Waals surface area contributed by atoms with Gasteiger partial charge in [0.15, 0.2) is 5.69 Å². The molecule has 0 aliphatic carbocycles. The minimum atomic E-state index is -0.415. The maximum atomic E-state index is 12.4. The minimum Gasteiger partial charge on any atom is -0.494 e. The van der Waals surface area contributed by atoms with Crippen molar-refractivity contribution in [2.24, 2.45) is 0 Å². The van der Waals surface area contributed by atoms with Crippen LogP contribution in [0.1, 0.15) is 23.0 Å². The van der Waals surface area contributed by atoms with E-state index in [1.165, 1.54) is 11.3 Å². The number of hydrogen-bond acceptors (Lipinski definition) is 5. The summed E-state index contributed by atoms with van der Waals surface area (Å²) in [4.78, 5) is 16.8. The fraction of sp³-hybridized carbons (Fsp3) is 0.130. The van der Waals surface area contributed by atoms with Gasteiger partial charge < -0.3 is 9.47 Å². The van der Waals surface area contributed by atoms with Gasteiger partial charge in [0.1, 0.15) is 17.4 Å². The van der Waals surface area contributed by atoms with Gasteiger partial charge in [0, 0.05) is 10.9 Å². The lowest BCUT2D eigenvalue weighted by Gasteiger charge is -2.05. The fourth-order valence-electron chi connectivity index (χ4n) is 2.91. The highest BCUT2D eigenvalue weighted by Crippen LogP contribution is 2.26. The molecule has 0 aliphatic rings. The van der Waals surface area contributed by atoms with Gasteiger partial charge in [-0.15, -0.1) is 11.3 Å². The number of carbonyl (C=O) groups is 1. The highest BCUT2D eigenvalue weighted by molar-refractivity contribution is 7.13. The van der Waals surface area contributed by atoms with Crippen LogP contribution >= 0.6 is 11.3 Å². The lowest BCUT2D eigenvalue weighted by molar-refractivity contribution is 0.0467. The van der Waals surface area contributed by atoms with Crippen LogP contribution in [0.4, 0.5) is 0 Å². The van der Waals surface area contributed by atoms with E-state index in [2.05, 4.69) is 11.1 Å². The number of aromatic nitrogens is 1. The van der Waals surface area contributed by atoms with Crippen molar-refractivity contribution in [3.63, 3.8) is 0 Å². The molecule has 0 unspecified atom stereocenters. The van der Waals surface area contributed by atoms with Gasteiger partial charge in [0.2, 0.25) is 0 Å². The first kappa shape index (κ1) is 18.2. The van der Waals surface area contributed by atoms with E-state index in [-0.39, 0.29) is 6.61 Å². The number of hydrogen-bond donors (Lipinski definition) is 0. The van der Waals surface area contributed by atoms with Crippen LogP contribution in [0.3, 0.4) is 0 Å². The molecule has 3 aromatic carbocycles. The molecular weight excluding hydrogens is 370 g/mol. The fourth-order valence-corrected chi connectivity index (χ4v) is 3.71. The number of fused-ring (bicyclic) bond motifs is 1. The highest BCUT2D eigenvalue weighted by Gasteiger charge is 2.13. The van der Waals surface area contributed by atoms with Crippen molar-refractivity contribution in [2.75, 3.05) is 6.61 Å². The van der Waals surface area contributed by atoms with Crippen molar-refractivity contribution in [2.45, 2.75) is 13.5 Å². The van der Waals surface area contributed by atoms with Gasteiger partial charge in [-0.25, -0.2) is 9.78 Å². The van der Waals surface area contributed by atoms with Crippen molar-refractivity contribution < 1.29 is 14.3 Å². The molecule has 140 valence electrons. The quantitative estimate of drug-likeness (QED) is 0.396. The van der Waals surface area contributed by atoms with E-state index in [4.69, 9.17) is 9.47 Å². The number of esters is 1. The molecule has 0 radical (unpaired) electrons. The monoisotopic (exact) mass is 389 g/mol. The van der Waals surface area contributed by atoms with Crippen molar-refractivity contribution >= 4 is 28.1 Å². The van der Waals surface area contributed by atoms with Gasteiger partial charge in [-0.3, -0.25) is 0 Å². The number of carbonyl (C=O) groups excluding carboxylic acids is 1. The molecule has 4 nitrogen and oxygen atoms in total. The lowest BCUT2D eigenvalue weighted by Crippen LogP contribution is -2.05. The summed E-state index contributed by atoms with van der Waals surface area (Å²) in [6.07, 6.45) is 0. The Morgan fingerprint density at radius 3 is 2.57 bits per heavy atom. The molecule has 5 heteroatoms. The Balaban J connectivity index is 1.42. The van der Waals surface area contributed by atoms with Gasteiger partial charge in [-0.1, -0.05) is 36.4 Å². The van der Waals surface area contributed by atoms with E-state index in [1.807, 2.05) is 67.6 Å². The highest BCUT2D eigenvalue weighted by atomic mass is 32.1. The standard InChI is InChI=1S/C23H19NO3S/c1-2-26-20-11-9-18(10-12-20)22-24-21(15-28-22)23(25)27-14-16-7-8-17-5-3-4-6-19(17)13-16/h3-13,15H,2,14H2,1H3. The predicted octanol–water partition coefficient (Wildman–Crippen LogP) is 5.72. The second-order valence-electron chi connectivity index (χ2n) is 6.25. The van der Waals surface area contributed by atoms with Crippen molar-refractivity contribution in [3.8, 4) is 16.3 Å². The van der Waals surface area contributed by atoms with Crippen LogP contribution in [-0.4, -0.2) is 17.6 Å². The van der Waals surface area contributed by atoms with Crippen LogP contribution in [0.15, 0.2) is 72.1 Å². The summed E-state index contributed by atoms with van der Waals surface area (Å²) in [7, 11) is 0. The number of thiazole rings is 1. The number of nitrogens with zero attached hydrogens (tertiary/aromatic N) is 1. The molecule has 0 bridgehead atoms. The molecular formula is C23H19NO3S. The molecule has 0 aliphatic heterocycles. The molecule has 0 saturated carbocycles. The second kappa shape index (κ2) is 8.23. The largest absolute Gasteiger partial charge is 0.494 e. The molecule has 0 spiro atoms. The molecule has 1 heterocycles. The maximum absolute atomic E-state index is 12.4. The normalized spacial score (nSPS) is 10.8. The summed E-state index contributed by atoms with van der Waals surface area (Å²) in [6.45, 7) is 2.80. The zero-order chi connectivity index (χ0) is 19.3. The summed E-state index contributed by atoms with van der Waals surface area (Å²) >= 11 is 1.42. The third-order valence-electron chi connectivity index (χ3n) is 4.31. The Hall–Kier alpha value is -3.18. The summed E-state index contributed by atoms with van der Waals surface area (Å²) in [6, 6.07) is 21.8. The third kappa shape index (κ3) is 4.05. The molecule has 0 amide bonds. The molecule has 0 saturated heterocycles. The Morgan fingerprint density at radius 1 is 1.00 bits per heavy atom. The third-order valence-corrected chi connectivity index (χ3v) is 5.20. The van der Waals surface area contributed by atoms with Crippen molar-refractivity contribution in [3.05, 3.63) is 83.4 Å². The van der Waals surface area contributed by atoms with Gasteiger partial charge in [0.05, 0.1) is 6.61 Å². The summed E-state index contributed by atoms with van der Waals surface area (Å²) in [5.41, 5.74) is 2.23. The number of benzene rings is 3. The Morgan fingerprint density at radius 2 is 1.79 bits per heavy atom. The van der Waals surface area contributed by atoms with E-state index < -0.39 is 5.97 Å². The smallest absolute Gasteiger partial charge is 0.358 e. The number of ether oxygens (including phenoxy) is 2. The lowest BCUT2D eigenvalue weighted by atomic mass is 10.1. The summed E-state index contributed by atoms with van der Waals surface area (Å²) in [5.74, 6) is 0.402. The topological polar surface area (TPSA) is 48.4 Å². The number of rotatable bonds is 6. The first-order chi connectivity index (χ1) is 13.7. The second-order valence-corrected chi connectivity index (χ2v) is 7.11. The average Bonchev–Trinajstić information content (AvgIpc) is 3.23. The van der Waals surface area contributed by atoms with Gasteiger partial charge in [-0.05, 0) is 53.6 Å². The van der Waals surface area contributed by atoms with Crippen LogP contribution in [0.25, 0.3) is 21.3 Å². The summed E-state index contributed by atoms with van der Waals surface area (Å²) < 4.78 is 10.9. The molecule has 28 heavy (non-hydrogen) atoms. The molecule has 1 aromatic heterocycles. The van der Waals surface area contributed by atoms with E-state index in [1.54, 1.807) is 5.38 Å². The van der Waals surface area contributed by atoms with E-state index in [0.717, 1.165) is 32.7 Å². The molecule has 0 N–H and O–H groups in total. The Labute approximate surface area is 167 Å². The van der Waals surface area contributed by atoms with Gasteiger partial charge in [-0.2, -0.15) is 0 Å². The van der Waals surface area contributed by atoms with Gasteiger partial charge in [0.25, 0.3) is 0 Å². The van der Waals surface area contributed by atoms with Crippen molar-refractivity contribution in [1.82, 2.24) is 4.98 Å². The van der Waals surface area contributed by atoms with Gasteiger partial charge >= 0.3 is 5.97 Å². The Bertz CT molecular complexity index is 1100. The molecule has 4 rings (SSSR count). The van der Waals surface area contributed by atoms with E-state index >= 15 is 0 Å². The van der Waals surface area contributed by atoms with Crippen molar-refractivity contribution in [1.29, 1.82) is 0 Å². The Kier molecular flexibility index (Phi) is 5.35. The zero-order valence-electron chi connectivity index (χ0n) is 15.4. The first-order valence-corrected chi connectivity index (χ1v) is 9.94. The molecule has 0 atom stereocenters. The summed E-state index contributed by atoms with van der Waals surface area (Å²) in [5, 5.41) is 4.80. The maximum Gasteiger partial charge on any atom is 0.358 e. The van der Waals surface area contributed by atoms with Crippen LogP contribution < -0.4 is 4.74 Å². The van der Waals surface area contributed by atoms with Crippen LogP contribution in [0, 0.1) is 0 Å². The SMILES string of the molecule is CCOc1ccc(-c2nc(C(=O)OCc3ccc4ccccc4c3)cs2)cc1. The van der Waals surface area contributed by atoms with Crippen LogP contribution in [0.2, 0.25) is 0 Å². The molecule has 4 aromatic rings. The van der Waals surface area contributed by atoms with Crippen LogP contribution in [0.5, 0.6) is 5.75 Å². The van der Waals surface area contributed by atoms with E-state index in [0.29, 0.717) is 12.3 Å². The predicted molar refractivity (Wildman–Crippen MR) is 112 cm³/mol. The van der Waals surface area contributed by atoms with Crippen LogP contribution in [-0.2, 0) is 11.3 Å². The molecule has 0 fully saturated rings. The zero-order valence-corrected chi connectivity index (χ0v) is 16.2.